The molecule has 6 nitrogen and oxygen atoms in total. The lowest BCUT2D eigenvalue weighted by atomic mass is 10.2. The summed E-state index contributed by atoms with van der Waals surface area (Å²) in [6.45, 7) is 4.69. The minimum absolute atomic E-state index is 0.149. The van der Waals surface area contributed by atoms with Gasteiger partial charge >= 0.3 is 0 Å². The Hall–Kier alpha value is -1.79. The Labute approximate surface area is 134 Å². The first-order valence-corrected chi connectivity index (χ1v) is 7.64. The van der Waals surface area contributed by atoms with E-state index < -0.39 is 0 Å². The fourth-order valence-electron chi connectivity index (χ4n) is 2.63. The summed E-state index contributed by atoms with van der Waals surface area (Å²) in [6.07, 6.45) is 0. The third kappa shape index (κ3) is 2.64. The van der Waals surface area contributed by atoms with Gasteiger partial charge in [0, 0.05) is 44.8 Å². The number of carbonyl (C=O) groups excluding carboxylic acids is 1. The first-order chi connectivity index (χ1) is 10.5. The van der Waals surface area contributed by atoms with Crippen LogP contribution in [-0.4, -0.2) is 55.6 Å². The first-order valence-electron chi connectivity index (χ1n) is 7.26. The zero-order valence-electron chi connectivity index (χ0n) is 12.9. The Balaban J connectivity index is 2.09. The van der Waals surface area contributed by atoms with Crippen molar-refractivity contribution < 1.29 is 9.21 Å². The molecule has 2 heterocycles. The van der Waals surface area contributed by atoms with E-state index in [0.29, 0.717) is 27.7 Å². The summed E-state index contributed by atoms with van der Waals surface area (Å²) in [7, 11) is 3.40. The van der Waals surface area contributed by atoms with Crippen LogP contribution >= 0.6 is 11.6 Å². The third-order valence-corrected chi connectivity index (χ3v) is 4.05. The largest absolute Gasteiger partial charge is 0.423 e. The average molecular weight is 323 g/mol. The van der Waals surface area contributed by atoms with Gasteiger partial charge in [0.05, 0.1) is 5.56 Å². The smallest absolute Gasteiger partial charge is 0.298 e. The molecule has 1 N–H and O–H groups in total. The number of benzene rings is 1. The van der Waals surface area contributed by atoms with Crippen LogP contribution in [0.1, 0.15) is 17.3 Å². The second kappa shape index (κ2) is 5.78. The van der Waals surface area contributed by atoms with E-state index in [9.17, 15) is 4.79 Å². The van der Waals surface area contributed by atoms with Crippen LogP contribution < -0.4 is 10.2 Å². The number of hydrogen-bond donors (Lipinski definition) is 1. The quantitative estimate of drug-likeness (QED) is 0.916. The molecule has 1 amide bonds. The van der Waals surface area contributed by atoms with E-state index in [1.807, 2.05) is 0 Å². The molecule has 118 valence electrons. The summed E-state index contributed by atoms with van der Waals surface area (Å²) in [5, 5.41) is 3.81. The molecular weight excluding hydrogens is 304 g/mol. The molecule has 1 aliphatic heterocycles. The lowest BCUT2D eigenvalue weighted by Gasteiger charge is -2.32. The predicted octanol–water partition coefficient (Wildman–Crippen LogP) is 1.98. The monoisotopic (exact) mass is 322 g/mol. The average Bonchev–Trinajstić information content (AvgIpc) is 2.89. The lowest BCUT2D eigenvalue weighted by Crippen LogP contribution is -2.50. The predicted molar refractivity (Wildman–Crippen MR) is 86.7 cm³/mol. The van der Waals surface area contributed by atoms with Crippen molar-refractivity contribution in [3.8, 4) is 0 Å². The molecule has 3 rings (SSSR count). The number of piperazine rings is 1. The molecule has 1 aromatic carbocycles. The van der Waals surface area contributed by atoms with E-state index in [1.165, 1.54) is 4.90 Å². The highest BCUT2D eigenvalue weighted by molar-refractivity contribution is 6.32. The van der Waals surface area contributed by atoms with E-state index in [-0.39, 0.29) is 11.9 Å². The van der Waals surface area contributed by atoms with E-state index in [4.69, 9.17) is 16.0 Å². The molecule has 1 aliphatic rings. The lowest BCUT2D eigenvalue weighted by molar-refractivity contribution is 0.0828. The van der Waals surface area contributed by atoms with Crippen LogP contribution in [0, 0.1) is 0 Å². The van der Waals surface area contributed by atoms with Crippen molar-refractivity contribution >= 4 is 34.6 Å². The molecule has 1 aromatic heterocycles. The van der Waals surface area contributed by atoms with Crippen molar-refractivity contribution in [3.05, 3.63) is 22.7 Å². The Bertz CT molecular complexity index is 713. The SMILES string of the molecule is CC1CNCCN1c1nc2cc(Cl)cc(C(=O)N(C)C)c2o1. The van der Waals surface area contributed by atoms with Gasteiger partial charge < -0.3 is 19.5 Å². The second-order valence-electron chi connectivity index (χ2n) is 5.74. The molecule has 2 aromatic rings. The highest BCUT2D eigenvalue weighted by Crippen LogP contribution is 2.30. The topological polar surface area (TPSA) is 61.6 Å². The molecule has 0 saturated carbocycles. The zero-order chi connectivity index (χ0) is 15.9. The molecule has 1 atom stereocenters. The maximum absolute atomic E-state index is 12.3. The molecule has 0 radical (unpaired) electrons. The van der Waals surface area contributed by atoms with E-state index in [1.54, 1.807) is 26.2 Å². The summed E-state index contributed by atoms with van der Waals surface area (Å²) >= 11 is 6.12. The van der Waals surface area contributed by atoms with Crippen LogP contribution in [0.5, 0.6) is 0 Å². The first kappa shape index (κ1) is 15.1. The zero-order valence-corrected chi connectivity index (χ0v) is 13.6. The van der Waals surface area contributed by atoms with Crippen molar-refractivity contribution in [2.45, 2.75) is 13.0 Å². The van der Waals surface area contributed by atoms with Crippen molar-refractivity contribution in [2.24, 2.45) is 0 Å². The van der Waals surface area contributed by atoms with Crippen LogP contribution in [0.2, 0.25) is 5.02 Å². The van der Waals surface area contributed by atoms with Gasteiger partial charge in [-0.25, -0.2) is 0 Å². The summed E-state index contributed by atoms with van der Waals surface area (Å²) in [5.74, 6) is -0.149. The van der Waals surface area contributed by atoms with E-state index in [0.717, 1.165) is 19.6 Å². The number of halogens is 1. The van der Waals surface area contributed by atoms with Gasteiger partial charge in [-0.05, 0) is 19.1 Å². The van der Waals surface area contributed by atoms with Gasteiger partial charge in [0.25, 0.3) is 11.9 Å². The molecule has 1 unspecified atom stereocenters. The Morgan fingerprint density at radius 3 is 2.95 bits per heavy atom. The van der Waals surface area contributed by atoms with Gasteiger partial charge in [0.2, 0.25) is 0 Å². The third-order valence-electron chi connectivity index (χ3n) is 3.83. The maximum Gasteiger partial charge on any atom is 0.298 e. The number of nitrogens with zero attached hydrogens (tertiary/aromatic N) is 3. The van der Waals surface area contributed by atoms with Crippen molar-refractivity contribution in [2.75, 3.05) is 38.6 Å². The number of fused-ring (bicyclic) bond motifs is 1. The second-order valence-corrected chi connectivity index (χ2v) is 6.18. The molecule has 7 heteroatoms. The molecule has 1 saturated heterocycles. The number of oxazole rings is 1. The number of nitrogens with one attached hydrogen (secondary N) is 1. The molecule has 1 fully saturated rings. The van der Waals surface area contributed by atoms with Crippen molar-refractivity contribution in [1.82, 2.24) is 15.2 Å². The van der Waals surface area contributed by atoms with Crippen LogP contribution in [0.4, 0.5) is 6.01 Å². The molecular formula is C15H19ClN4O2. The van der Waals surface area contributed by atoms with Gasteiger partial charge in [-0.3, -0.25) is 4.79 Å². The standard InChI is InChI=1S/C15H19ClN4O2/c1-9-8-17-4-5-20(9)15-18-12-7-10(16)6-11(13(12)22-15)14(21)19(2)3/h6-7,9,17H,4-5,8H2,1-3H3. The number of amides is 1. The van der Waals surface area contributed by atoms with Gasteiger partial charge in [-0.15, -0.1) is 0 Å². The summed E-state index contributed by atoms with van der Waals surface area (Å²) < 4.78 is 5.92. The van der Waals surface area contributed by atoms with Crippen LogP contribution in [-0.2, 0) is 0 Å². The van der Waals surface area contributed by atoms with Crippen molar-refractivity contribution in [1.29, 1.82) is 0 Å². The van der Waals surface area contributed by atoms with Crippen LogP contribution in [0.15, 0.2) is 16.5 Å². The number of rotatable bonds is 2. The highest BCUT2D eigenvalue weighted by atomic mass is 35.5. The number of aromatic nitrogens is 1. The highest BCUT2D eigenvalue weighted by Gasteiger charge is 2.25. The van der Waals surface area contributed by atoms with Gasteiger partial charge in [0.1, 0.15) is 5.52 Å². The Morgan fingerprint density at radius 1 is 1.50 bits per heavy atom. The molecule has 0 aliphatic carbocycles. The number of carbonyl (C=O) groups is 1. The normalized spacial score (nSPS) is 18.7. The summed E-state index contributed by atoms with van der Waals surface area (Å²) in [5.41, 5.74) is 1.54. The van der Waals surface area contributed by atoms with Crippen LogP contribution in [0.25, 0.3) is 11.1 Å². The fourth-order valence-corrected chi connectivity index (χ4v) is 2.85. The van der Waals surface area contributed by atoms with Gasteiger partial charge in [-0.2, -0.15) is 4.98 Å². The fraction of sp³-hybridized carbons (Fsp3) is 0.467. The maximum atomic E-state index is 12.3. The van der Waals surface area contributed by atoms with Gasteiger partial charge in [0.15, 0.2) is 5.58 Å². The summed E-state index contributed by atoms with van der Waals surface area (Å²) in [6, 6.07) is 4.18. The number of anilines is 1. The minimum Gasteiger partial charge on any atom is -0.423 e. The number of hydrogen-bond acceptors (Lipinski definition) is 5. The molecule has 0 spiro atoms. The van der Waals surface area contributed by atoms with Gasteiger partial charge in [-0.1, -0.05) is 11.6 Å². The summed E-state index contributed by atoms with van der Waals surface area (Å²) in [4.78, 5) is 20.4. The van der Waals surface area contributed by atoms with Crippen LogP contribution in [0.3, 0.4) is 0 Å². The van der Waals surface area contributed by atoms with E-state index >= 15 is 0 Å². The molecule has 0 bridgehead atoms. The van der Waals surface area contributed by atoms with Crippen molar-refractivity contribution in [3.63, 3.8) is 0 Å². The van der Waals surface area contributed by atoms with E-state index in [2.05, 4.69) is 22.1 Å². The minimum atomic E-state index is -0.149. The molecule has 22 heavy (non-hydrogen) atoms. The Morgan fingerprint density at radius 2 is 2.27 bits per heavy atom. The Kier molecular flexibility index (Phi) is 3.97.